The third-order valence-electron chi connectivity index (χ3n) is 4.24. The Morgan fingerprint density at radius 1 is 1.39 bits per heavy atom. The van der Waals surface area contributed by atoms with Gasteiger partial charge < -0.3 is 4.90 Å². The van der Waals surface area contributed by atoms with E-state index in [9.17, 15) is 4.79 Å². The van der Waals surface area contributed by atoms with E-state index in [2.05, 4.69) is 11.8 Å². The fraction of sp³-hybridized carbons (Fsp3) is 0.643. The first-order chi connectivity index (χ1) is 8.75. The van der Waals surface area contributed by atoms with E-state index in [0.29, 0.717) is 12.1 Å². The lowest BCUT2D eigenvalue weighted by molar-refractivity contribution is 0.00216. The summed E-state index contributed by atoms with van der Waals surface area (Å²) in [6, 6.07) is 3.22. The Balaban J connectivity index is 1.55. The van der Waals surface area contributed by atoms with Gasteiger partial charge in [0.2, 0.25) is 0 Å². The highest BCUT2D eigenvalue weighted by atomic mass is 32.1. The van der Waals surface area contributed by atoms with Gasteiger partial charge in [-0.2, -0.15) is 11.3 Å². The summed E-state index contributed by atoms with van der Waals surface area (Å²) >= 11 is 1.59. The normalized spacial score (nSPS) is 26.1. The van der Waals surface area contributed by atoms with Crippen molar-refractivity contribution in [2.45, 2.75) is 38.3 Å². The van der Waals surface area contributed by atoms with E-state index in [1.54, 1.807) is 11.3 Å². The van der Waals surface area contributed by atoms with E-state index in [0.717, 1.165) is 18.7 Å². The number of amides is 1. The maximum Gasteiger partial charge on any atom is 0.254 e. The summed E-state index contributed by atoms with van der Waals surface area (Å²) in [7, 11) is 0. The van der Waals surface area contributed by atoms with E-state index in [-0.39, 0.29) is 5.91 Å². The topological polar surface area (TPSA) is 23.6 Å². The van der Waals surface area contributed by atoms with Gasteiger partial charge in [-0.15, -0.1) is 0 Å². The Morgan fingerprint density at radius 3 is 2.89 bits per heavy atom. The molecule has 1 unspecified atom stereocenters. The minimum atomic E-state index is 0.206. The van der Waals surface area contributed by atoms with Crippen molar-refractivity contribution in [2.75, 3.05) is 19.6 Å². The summed E-state index contributed by atoms with van der Waals surface area (Å²) in [5.41, 5.74) is 0.852. The average Bonchev–Trinajstić information content (AvgIpc) is 2.83. The van der Waals surface area contributed by atoms with Crippen LogP contribution >= 0.6 is 11.3 Å². The molecule has 1 aromatic heterocycles. The molecule has 2 aliphatic heterocycles. The quantitative estimate of drug-likeness (QED) is 0.819. The Bertz CT molecular complexity index is 411. The van der Waals surface area contributed by atoms with E-state index in [1.807, 2.05) is 21.7 Å². The van der Waals surface area contributed by atoms with Gasteiger partial charge in [0.1, 0.15) is 0 Å². The van der Waals surface area contributed by atoms with Crippen molar-refractivity contribution >= 4 is 17.2 Å². The number of carbonyl (C=O) groups excluding carboxylic acids is 1. The Morgan fingerprint density at radius 2 is 2.22 bits per heavy atom. The molecule has 2 aliphatic rings. The van der Waals surface area contributed by atoms with Crippen molar-refractivity contribution in [3.8, 4) is 0 Å². The van der Waals surface area contributed by atoms with Gasteiger partial charge in [0.15, 0.2) is 0 Å². The number of hydrogen-bond donors (Lipinski definition) is 0. The van der Waals surface area contributed by atoms with Crippen LogP contribution < -0.4 is 0 Å². The molecule has 0 aromatic carbocycles. The highest BCUT2D eigenvalue weighted by molar-refractivity contribution is 7.08. The van der Waals surface area contributed by atoms with Crippen molar-refractivity contribution in [3.05, 3.63) is 22.4 Å². The molecule has 2 saturated heterocycles. The molecular formula is C14H20N2OS. The average molecular weight is 264 g/mol. The number of piperidine rings is 1. The van der Waals surface area contributed by atoms with Gasteiger partial charge in [0.25, 0.3) is 5.91 Å². The lowest BCUT2D eigenvalue weighted by atomic mass is 9.97. The molecule has 1 atom stereocenters. The number of carbonyl (C=O) groups is 1. The molecule has 3 heterocycles. The van der Waals surface area contributed by atoms with Crippen LogP contribution in [-0.2, 0) is 0 Å². The SMILES string of the molecule is CC1CCCCN1C1CN(C(=O)c2ccsc2)C1. The van der Waals surface area contributed by atoms with Crippen LogP contribution in [0.4, 0.5) is 0 Å². The summed E-state index contributed by atoms with van der Waals surface area (Å²) in [6.45, 7) is 5.37. The summed E-state index contributed by atoms with van der Waals surface area (Å²) in [4.78, 5) is 16.7. The molecule has 1 aromatic rings. The van der Waals surface area contributed by atoms with Crippen LogP contribution in [0.1, 0.15) is 36.5 Å². The summed E-state index contributed by atoms with van der Waals surface area (Å²) in [5.74, 6) is 0.206. The van der Waals surface area contributed by atoms with Crippen molar-refractivity contribution < 1.29 is 4.79 Å². The van der Waals surface area contributed by atoms with E-state index in [1.165, 1.54) is 25.8 Å². The molecule has 0 spiro atoms. The highest BCUT2D eigenvalue weighted by Crippen LogP contribution is 2.25. The lowest BCUT2D eigenvalue weighted by Crippen LogP contribution is -2.63. The monoisotopic (exact) mass is 264 g/mol. The van der Waals surface area contributed by atoms with Gasteiger partial charge in [0, 0.05) is 30.6 Å². The minimum absolute atomic E-state index is 0.206. The predicted molar refractivity (Wildman–Crippen MR) is 74.0 cm³/mol. The van der Waals surface area contributed by atoms with Gasteiger partial charge in [-0.05, 0) is 37.8 Å². The molecule has 98 valence electrons. The second kappa shape index (κ2) is 5.02. The van der Waals surface area contributed by atoms with Crippen molar-refractivity contribution in [1.29, 1.82) is 0 Å². The zero-order valence-corrected chi connectivity index (χ0v) is 11.7. The van der Waals surface area contributed by atoms with Crippen LogP contribution in [-0.4, -0.2) is 47.4 Å². The Kier molecular flexibility index (Phi) is 3.39. The maximum absolute atomic E-state index is 12.1. The van der Waals surface area contributed by atoms with Crippen LogP contribution in [0.3, 0.4) is 0 Å². The molecule has 0 N–H and O–H groups in total. The molecule has 18 heavy (non-hydrogen) atoms. The predicted octanol–water partition coefficient (Wildman–Crippen LogP) is 2.45. The largest absolute Gasteiger partial charge is 0.335 e. The number of rotatable bonds is 2. The Labute approximate surface area is 112 Å². The maximum atomic E-state index is 12.1. The number of thiophene rings is 1. The molecule has 0 aliphatic carbocycles. The first-order valence-electron chi connectivity index (χ1n) is 6.83. The summed E-state index contributed by atoms with van der Waals surface area (Å²) in [6.07, 6.45) is 4.00. The first-order valence-corrected chi connectivity index (χ1v) is 7.77. The highest BCUT2D eigenvalue weighted by Gasteiger charge is 2.37. The smallest absolute Gasteiger partial charge is 0.254 e. The van der Waals surface area contributed by atoms with Crippen molar-refractivity contribution in [1.82, 2.24) is 9.80 Å². The molecule has 3 nitrogen and oxygen atoms in total. The molecule has 1 amide bonds. The molecular weight excluding hydrogens is 244 g/mol. The van der Waals surface area contributed by atoms with Crippen LogP contribution in [0, 0.1) is 0 Å². The van der Waals surface area contributed by atoms with Gasteiger partial charge in [-0.25, -0.2) is 0 Å². The van der Waals surface area contributed by atoms with E-state index in [4.69, 9.17) is 0 Å². The van der Waals surface area contributed by atoms with Crippen LogP contribution in [0.5, 0.6) is 0 Å². The van der Waals surface area contributed by atoms with Gasteiger partial charge in [0.05, 0.1) is 5.56 Å². The number of hydrogen-bond acceptors (Lipinski definition) is 3. The molecule has 0 radical (unpaired) electrons. The Hall–Kier alpha value is -0.870. The van der Waals surface area contributed by atoms with Crippen molar-refractivity contribution in [3.63, 3.8) is 0 Å². The molecule has 0 saturated carbocycles. The first kappa shape index (κ1) is 12.2. The minimum Gasteiger partial charge on any atom is -0.335 e. The molecule has 0 bridgehead atoms. The van der Waals surface area contributed by atoms with E-state index < -0.39 is 0 Å². The second-order valence-electron chi connectivity index (χ2n) is 5.46. The third-order valence-corrected chi connectivity index (χ3v) is 4.92. The standard InChI is InChI=1S/C14H20N2OS/c1-11-4-2-3-6-16(11)13-8-15(9-13)14(17)12-5-7-18-10-12/h5,7,10-11,13H,2-4,6,8-9H2,1H3. The van der Waals surface area contributed by atoms with E-state index >= 15 is 0 Å². The zero-order chi connectivity index (χ0) is 12.5. The van der Waals surface area contributed by atoms with Crippen molar-refractivity contribution in [2.24, 2.45) is 0 Å². The molecule has 2 fully saturated rings. The van der Waals surface area contributed by atoms with Gasteiger partial charge in [-0.1, -0.05) is 6.42 Å². The lowest BCUT2D eigenvalue weighted by Gasteiger charge is -2.49. The zero-order valence-electron chi connectivity index (χ0n) is 10.8. The number of nitrogens with zero attached hydrogens (tertiary/aromatic N) is 2. The van der Waals surface area contributed by atoms with Crippen LogP contribution in [0.15, 0.2) is 16.8 Å². The fourth-order valence-electron chi connectivity index (χ4n) is 3.06. The molecule has 4 heteroatoms. The number of likely N-dealkylation sites (tertiary alicyclic amines) is 2. The summed E-state index contributed by atoms with van der Waals surface area (Å²) < 4.78 is 0. The van der Waals surface area contributed by atoms with Crippen LogP contribution in [0.2, 0.25) is 0 Å². The second-order valence-corrected chi connectivity index (χ2v) is 6.24. The summed E-state index contributed by atoms with van der Waals surface area (Å²) in [5, 5.41) is 3.91. The van der Waals surface area contributed by atoms with Gasteiger partial charge in [-0.3, -0.25) is 9.69 Å². The van der Waals surface area contributed by atoms with Crippen LogP contribution in [0.25, 0.3) is 0 Å². The van der Waals surface area contributed by atoms with Gasteiger partial charge >= 0.3 is 0 Å². The molecule has 3 rings (SSSR count). The third kappa shape index (κ3) is 2.19. The fourth-order valence-corrected chi connectivity index (χ4v) is 3.69.